The molecular weight excluding hydrogens is 306 g/mol. The maximum Gasteiger partial charge on any atom is 0.325 e. The van der Waals surface area contributed by atoms with Gasteiger partial charge < -0.3 is 10.2 Å². The third-order valence-electron chi connectivity index (χ3n) is 5.72. The first-order chi connectivity index (χ1) is 11.4. The van der Waals surface area contributed by atoms with Crippen LogP contribution in [0.25, 0.3) is 0 Å². The second-order valence-electron chi connectivity index (χ2n) is 8.06. The number of amides is 4. The molecule has 3 fully saturated rings. The molecule has 0 bridgehead atoms. The predicted octanol–water partition coefficient (Wildman–Crippen LogP) is 2.14. The van der Waals surface area contributed by atoms with Crippen LogP contribution in [-0.4, -0.2) is 52.8 Å². The summed E-state index contributed by atoms with van der Waals surface area (Å²) in [5, 5.41) is 2.90. The Labute approximate surface area is 143 Å². The van der Waals surface area contributed by atoms with Crippen LogP contribution in [0.1, 0.15) is 58.8 Å². The summed E-state index contributed by atoms with van der Waals surface area (Å²) in [7, 11) is 0. The van der Waals surface area contributed by atoms with E-state index < -0.39 is 11.6 Å². The molecule has 1 aliphatic carbocycles. The lowest BCUT2D eigenvalue weighted by atomic mass is 9.90. The highest BCUT2D eigenvalue weighted by atomic mass is 16.2. The number of piperidine rings is 1. The van der Waals surface area contributed by atoms with E-state index in [1.54, 1.807) is 0 Å². The second kappa shape index (κ2) is 6.73. The zero-order valence-corrected chi connectivity index (χ0v) is 14.8. The Morgan fingerprint density at radius 2 is 1.67 bits per heavy atom. The number of carbonyl (C=O) groups is 3. The molecule has 4 amide bonds. The van der Waals surface area contributed by atoms with Crippen molar-refractivity contribution in [3.8, 4) is 0 Å². The van der Waals surface area contributed by atoms with Gasteiger partial charge in [0.25, 0.3) is 5.91 Å². The minimum atomic E-state index is -0.754. The van der Waals surface area contributed by atoms with Crippen LogP contribution >= 0.6 is 0 Å². The highest BCUT2D eigenvalue weighted by Crippen LogP contribution is 2.32. The fourth-order valence-corrected chi connectivity index (χ4v) is 4.59. The van der Waals surface area contributed by atoms with E-state index in [4.69, 9.17) is 0 Å². The Bertz CT molecular complexity index is 516. The average Bonchev–Trinajstić information content (AvgIpc) is 2.70. The minimum absolute atomic E-state index is 0.109. The molecule has 24 heavy (non-hydrogen) atoms. The van der Waals surface area contributed by atoms with E-state index in [0.717, 1.165) is 50.1 Å². The van der Waals surface area contributed by atoms with Gasteiger partial charge in [-0.1, -0.05) is 39.5 Å². The van der Waals surface area contributed by atoms with Crippen molar-refractivity contribution in [1.29, 1.82) is 0 Å². The normalized spacial score (nSPS) is 30.4. The van der Waals surface area contributed by atoms with Crippen molar-refractivity contribution in [3.05, 3.63) is 0 Å². The zero-order chi connectivity index (χ0) is 17.3. The third kappa shape index (κ3) is 3.28. The summed E-state index contributed by atoms with van der Waals surface area (Å²) in [5.74, 6) is 0.631. The number of hydrogen-bond acceptors (Lipinski definition) is 3. The predicted molar refractivity (Wildman–Crippen MR) is 90.2 cm³/mol. The van der Waals surface area contributed by atoms with E-state index in [-0.39, 0.29) is 18.4 Å². The maximum atomic E-state index is 12.9. The zero-order valence-electron chi connectivity index (χ0n) is 14.8. The van der Waals surface area contributed by atoms with Crippen LogP contribution in [-0.2, 0) is 9.59 Å². The van der Waals surface area contributed by atoms with E-state index >= 15 is 0 Å². The molecule has 0 unspecified atom stereocenters. The van der Waals surface area contributed by atoms with Crippen molar-refractivity contribution >= 4 is 17.8 Å². The van der Waals surface area contributed by atoms with Crippen LogP contribution < -0.4 is 5.32 Å². The largest absolute Gasteiger partial charge is 0.341 e. The Kier molecular flexibility index (Phi) is 4.83. The van der Waals surface area contributed by atoms with Crippen LogP contribution in [0, 0.1) is 11.8 Å². The summed E-state index contributed by atoms with van der Waals surface area (Å²) in [6.45, 7) is 5.61. The first kappa shape index (κ1) is 17.2. The fourth-order valence-electron chi connectivity index (χ4n) is 4.59. The third-order valence-corrected chi connectivity index (χ3v) is 5.72. The van der Waals surface area contributed by atoms with Gasteiger partial charge in [0, 0.05) is 13.1 Å². The number of nitrogens with one attached hydrogen (secondary N) is 1. The molecular formula is C18H29N3O3. The Hall–Kier alpha value is -1.59. The summed E-state index contributed by atoms with van der Waals surface area (Å²) in [6, 6.07) is -0.395. The quantitative estimate of drug-likeness (QED) is 0.786. The molecule has 3 aliphatic rings. The maximum absolute atomic E-state index is 12.9. The number of hydrogen-bond donors (Lipinski definition) is 1. The summed E-state index contributed by atoms with van der Waals surface area (Å²) < 4.78 is 0. The van der Waals surface area contributed by atoms with Crippen molar-refractivity contribution in [3.63, 3.8) is 0 Å². The number of nitrogens with zero attached hydrogens (tertiary/aromatic N) is 2. The lowest BCUT2D eigenvalue weighted by Crippen LogP contribution is -2.49. The molecule has 2 saturated heterocycles. The highest BCUT2D eigenvalue weighted by molar-refractivity contribution is 6.09. The van der Waals surface area contributed by atoms with E-state index in [2.05, 4.69) is 19.2 Å². The summed E-state index contributed by atoms with van der Waals surface area (Å²) in [4.78, 5) is 40.8. The molecule has 6 heteroatoms. The highest BCUT2D eigenvalue weighted by Gasteiger charge is 2.51. The van der Waals surface area contributed by atoms with Crippen LogP contribution in [0.4, 0.5) is 4.79 Å². The van der Waals surface area contributed by atoms with Crippen LogP contribution in [0.15, 0.2) is 0 Å². The molecule has 2 heterocycles. The van der Waals surface area contributed by atoms with Gasteiger partial charge in [-0.3, -0.25) is 14.5 Å². The SMILES string of the molecule is C[C@@H]1C[C@H](C)CN(C(=O)CN2C(=O)NC3(CCCCCC3)C2=O)C1. The molecule has 1 saturated carbocycles. The van der Waals surface area contributed by atoms with Gasteiger partial charge in [-0.05, 0) is 31.1 Å². The number of urea groups is 1. The number of carbonyl (C=O) groups excluding carboxylic acids is 3. The molecule has 2 atom stereocenters. The van der Waals surface area contributed by atoms with Gasteiger partial charge in [-0.25, -0.2) is 4.79 Å². The van der Waals surface area contributed by atoms with Crippen molar-refractivity contribution in [2.24, 2.45) is 11.8 Å². The average molecular weight is 335 g/mol. The smallest absolute Gasteiger partial charge is 0.325 e. The Balaban J connectivity index is 1.67. The van der Waals surface area contributed by atoms with Crippen LogP contribution in [0.5, 0.6) is 0 Å². The molecule has 0 aromatic heterocycles. The van der Waals surface area contributed by atoms with Crippen molar-refractivity contribution < 1.29 is 14.4 Å². The topological polar surface area (TPSA) is 69.7 Å². The van der Waals surface area contributed by atoms with Crippen molar-refractivity contribution in [2.75, 3.05) is 19.6 Å². The van der Waals surface area contributed by atoms with Crippen molar-refractivity contribution in [1.82, 2.24) is 15.1 Å². The van der Waals surface area contributed by atoms with Gasteiger partial charge in [0.05, 0.1) is 0 Å². The molecule has 0 aromatic rings. The van der Waals surface area contributed by atoms with Crippen LogP contribution in [0.2, 0.25) is 0 Å². The number of likely N-dealkylation sites (tertiary alicyclic amines) is 1. The summed E-state index contributed by atoms with van der Waals surface area (Å²) in [6.07, 6.45) is 6.63. The molecule has 3 rings (SSSR count). The molecule has 0 radical (unpaired) electrons. The summed E-state index contributed by atoms with van der Waals surface area (Å²) in [5.41, 5.74) is -0.754. The Morgan fingerprint density at radius 3 is 2.25 bits per heavy atom. The lowest BCUT2D eigenvalue weighted by Gasteiger charge is -2.35. The first-order valence-corrected chi connectivity index (χ1v) is 9.33. The molecule has 1 N–H and O–H groups in total. The second-order valence-corrected chi connectivity index (χ2v) is 8.06. The van der Waals surface area contributed by atoms with Crippen LogP contribution in [0.3, 0.4) is 0 Å². The molecule has 0 aromatic carbocycles. The first-order valence-electron chi connectivity index (χ1n) is 9.33. The molecule has 2 aliphatic heterocycles. The van der Waals surface area contributed by atoms with Gasteiger partial charge in [0.1, 0.15) is 12.1 Å². The van der Waals surface area contributed by atoms with Gasteiger partial charge in [0.2, 0.25) is 5.91 Å². The minimum Gasteiger partial charge on any atom is -0.341 e. The fraction of sp³-hybridized carbons (Fsp3) is 0.833. The lowest BCUT2D eigenvalue weighted by molar-refractivity contribution is -0.140. The molecule has 6 nitrogen and oxygen atoms in total. The number of rotatable bonds is 2. The Morgan fingerprint density at radius 1 is 1.08 bits per heavy atom. The molecule has 1 spiro atoms. The van der Waals surface area contributed by atoms with Gasteiger partial charge in [0.15, 0.2) is 0 Å². The van der Waals surface area contributed by atoms with Crippen molar-refractivity contribution in [2.45, 2.75) is 64.3 Å². The van der Waals surface area contributed by atoms with E-state index in [1.807, 2.05) is 4.90 Å². The standard InChI is InChI=1S/C18H29N3O3/c1-13-9-14(2)11-20(10-13)15(22)12-21-16(23)18(19-17(21)24)7-5-3-4-6-8-18/h13-14H,3-12H2,1-2H3,(H,19,24)/t13-,14+. The summed E-state index contributed by atoms with van der Waals surface area (Å²) >= 11 is 0. The van der Waals surface area contributed by atoms with E-state index in [9.17, 15) is 14.4 Å². The van der Waals surface area contributed by atoms with E-state index in [1.165, 1.54) is 0 Å². The number of imide groups is 1. The van der Waals surface area contributed by atoms with Gasteiger partial charge in [-0.15, -0.1) is 0 Å². The monoisotopic (exact) mass is 335 g/mol. The van der Waals surface area contributed by atoms with Gasteiger partial charge in [-0.2, -0.15) is 0 Å². The van der Waals surface area contributed by atoms with E-state index in [0.29, 0.717) is 24.7 Å². The van der Waals surface area contributed by atoms with Gasteiger partial charge >= 0.3 is 6.03 Å². The molecule has 134 valence electrons.